The molecule has 8 heteroatoms. The smallest absolute Gasteiger partial charge is 0.379 e. The maximum absolute atomic E-state index is 12.2. The van der Waals surface area contributed by atoms with Crippen LogP contribution in [0.25, 0.3) is 0 Å². The summed E-state index contributed by atoms with van der Waals surface area (Å²) in [5, 5.41) is 0. The Kier molecular flexibility index (Phi) is 47.7. The minimum absolute atomic E-state index is 0.0238. The summed E-state index contributed by atoms with van der Waals surface area (Å²) in [6.45, 7) is 6.27. The van der Waals surface area contributed by atoms with E-state index in [1.165, 1.54) is 212 Å². The Balaban J connectivity index is 3.83. The van der Waals surface area contributed by atoms with Crippen molar-refractivity contribution < 1.29 is 28.0 Å². The molecule has 0 spiro atoms. The predicted octanol–water partition coefficient (Wildman–Crippen LogP) is 15.7. The van der Waals surface area contributed by atoms with Crippen LogP contribution in [0.1, 0.15) is 245 Å². The zero-order valence-corrected chi connectivity index (χ0v) is 39.0. The lowest BCUT2D eigenvalue weighted by molar-refractivity contribution is -0.0443. The first-order valence-corrected chi connectivity index (χ1v) is 26.4. The van der Waals surface area contributed by atoms with E-state index in [0.717, 1.165) is 19.3 Å². The van der Waals surface area contributed by atoms with Crippen molar-refractivity contribution in [3.8, 4) is 0 Å². The van der Waals surface area contributed by atoms with Crippen molar-refractivity contribution in [2.45, 2.75) is 251 Å². The van der Waals surface area contributed by atoms with Gasteiger partial charge in [-0.25, -0.2) is 4.57 Å². The Morgan fingerprint density at radius 3 is 1.14 bits per heavy atom. The van der Waals surface area contributed by atoms with Gasteiger partial charge in [-0.05, 0) is 64.2 Å². The molecule has 0 amide bonds. The molecule has 0 aliphatic carbocycles. The molecule has 0 bridgehead atoms. The summed E-state index contributed by atoms with van der Waals surface area (Å²) in [4.78, 5) is 9.95. The summed E-state index contributed by atoms with van der Waals surface area (Å²) in [6, 6.07) is 0. The molecule has 340 valence electrons. The van der Waals surface area contributed by atoms with Crippen LogP contribution in [0.4, 0.5) is 0 Å². The number of allylic oxidation sites excluding steroid dienone is 4. The molecule has 3 N–H and O–H groups in total. The molecule has 0 fully saturated rings. The highest BCUT2D eigenvalue weighted by molar-refractivity contribution is 7.47. The summed E-state index contributed by atoms with van der Waals surface area (Å²) in [6.07, 6.45) is 56.4. The molecule has 0 aliphatic rings. The first-order valence-electron chi connectivity index (χ1n) is 24.9. The number of rotatable bonds is 49. The van der Waals surface area contributed by atoms with Gasteiger partial charge in [0.1, 0.15) is 6.10 Å². The molecular weight excluding hydrogens is 730 g/mol. The highest BCUT2D eigenvalue weighted by Crippen LogP contribution is 2.43. The number of phosphoric acid groups is 1. The normalized spacial score (nSPS) is 13.7. The first kappa shape index (κ1) is 56.5. The van der Waals surface area contributed by atoms with Crippen LogP contribution in [0.3, 0.4) is 0 Å². The molecular formula is C49H98NO6P. The van der Waals surface area contributed by atoms with Crippen molar-refractivity contribution in [2.75, 3.05) is 39.6 Å². The largest absolute Gasteiger partial charge is 0.472 e. The molecule has 0 aromatic heterocycles. The van der Waals surface area contributed by atoms with Crippen molar-refractivity contribution >= 4 is 7.82 Å². The standard InChI is InChI=1S/C49H98NO6P/c1-3-5-7-9-11-13-15-17-19-21-23-25-27-29-31-33-35-37-39-41-44-53-47-49(48-56-57(51,52)55-46-43-50)54-45-42-40-38-36-34-32-30-28-26-24-22-20-18-16-14-12-10-8-6-4-2/h17-20,49H,3-16,21-48,50H2,1-2H3,(H,51,52)/b19-17-,20-18-. The van der Waals surface area contributed by atoms with Gasteiger partial charge in [0, 0.05) is 19.8 Å². The maximum Gasteiger partial charge on any atom is 0.472 e. The van der Waals surface area contributed by atoms with Crippen LogP contribution < -0.4 is 5.73 Å². The number of hydrogen-bond donors (Lipinski definition) is 2. The Bertz CT molecular complexity index is 871. The number of hydrogen-bond acceptors (Lipinski definition) is 6. The fourth-order valence-corrected chi connectivity index (χ4v) is 7.97. The lowest BCUT2D eigenvalue weighted by Crippen LogP contribution is -2.26. The lowest BCUT2D eigenvalue weighted by atomic mass is 10.1. The van der Waals surface area contributed by atoms with E-state index >= 15 is 0 Å². The van der Waals surface area contributed by atoms with E-state index in [1.807, 2.05) is 0 Å². The van der Waals surface area contributed by atoms with Gasteiger partial charge < -0.3 is 20.1 Å². The van der Waals surface area contributed by atoms with Gasteiger partial charge >= 0.3 is 7.82 Å². The quantitative estimate of drug-likeness (QED) is 0.0358. The van der Waals surface area contributed by atoms with Gasteiger partial charge in [0.25, 0.3) is 0 Å². The molecule has 0 rings (SSSR count). The van der Waals surface area contributed by atoms with Gasteiger partial charge in [0.15, 0.2) is 0 Å². The molecule has 2 unspecified atom stereocenters. The molecule has 0 saturated carbocycles. The lowest BCUT2D eigenvalue weighted by Gasteiger charge is -2.20. The number of ether oxygens (including phenoxy) is 2. The van der Waals surface area contributed by atoms with E-state index in [0.29, 0.717) is 19.8 Å². The third-order valence-corrected chi connectivity index (χ3v) is 11.9. The zero-order valence-electron chi connectivity index (χ0n) is 38.1. The average molecular weight is 828 g/mol. The van der Waals surface area contributed by atoms with E-state index in [1.54, 1.807) is 0 Å². The van der Waals surface area contributed by atoms with Crippen molar-refractivity contribution in [1.82, 2.24) is 0 Å². The third-order valence-electron chi connectivity index (χ3n) is 10.9. The molecule has 0 heterocycles. The second-order valence-corrected chi connectivity index (χ2v) is 18.1. The summed E-state index contributed by atoms with van der Waals surface area (Å²) < 4.78 is 34.3. The predicted molar refractivity (Wildman–Crippen MR) is 247 cm³/mol. The fraction of sp³-hybridized carbons (Fsp3) is 0.918. The van der Waals surface area contributed by atoms with E-state index < -0.39 is 13.9 Å². The van der Waals surface area contributed by atoms with Crippen LogP contribution in [-0.4, -0.2) is 50.6 Å². The van der Waals surface area contributed by atoms with E-state index in [4.69, 9.17) is 24.3 Å². The SMILES string of the molecule is CCCCCCCC/C=C\CCCCCCCCCCCCOCC(COP(=O)(O)OCCN)OCCCCCCCCCCCC/C=C\CCCCCCCC. The summed E-state index contributed by atoms with van der Waals surface area (Å²) >= 11 is 0. The Morgan fingerprint density at radius 1 is 0.439 bits per heavy atom. The van der Waals surface area contributed by atoms with Crippen molar-refractivity contribution in [2.24, 2.45) is 5.73 Å². The maximum atomic E-state index is 12.2. The topological polar surface area (TPSA) is 100 Å². The minimum Gasteiger partial charge on any atom is -0.379 e. The number of unbranched alkanes of at least 4 members (excludes halogenated alkanes) is 32. The van der Waals surface area contributed by atoms with Crippen LogP contribution in [0.5, 0.6) is 0 Å². The van der Waals surface area contributed by atoms with Crippen LogP contribution in [0.2, 0.25) is 0 Å². The van der Waals surface area contributed by atoms with Gasteiger partial charge in [-0.2, -0.15) is 0 Å². The van der Waals surface area contributed by atoms with Crippen LogP contribution in [-0.2, 0) is 23.1 Å². The van der Waals surface area contributed by atoms with Crippen molar-refractivity contribution in [3.05, 3.63) is 24.3 Å². The second-order valence-electron chi connectivity index (χ2n) is 16.7. The third kappa shape index (κ3) is 48.0. The Labute approximate surface area is 355 Å². The minimum atomic E-state index is -4.15. The zero-order chi connectivity index (χ0) is 41.4. The highest BCUT2D eigenvalue weighted by atomic mass is 31.2. The van der Waals surface area contributed by atoms with Crippen molar-refractivity contribution in [1.29, 1.82) is 0 Å². The average Bonchev–Trinajstić information content (AvgIpc) is 3.21. The summed E-state index contributed by atoms with van der Waals surface area (Å²) in [7, 11) is -4.15. The fourth-order valence-electron chi connectivity index (χ4n) is 7.21. The van der Waals surface area contributed by atoms with Gasteiger partial charge in [0.2, 0.25) is 0 Å². The second kappa shape index (κ2) is 48.1. The van der Waals surface area contributed by atoms with Crippen LogP contribution in [0.15, 0.2) is 24.3 Å². The van der Waals surface area contributed by atoms with Crippen LogP contribution >= 0.6 is 7.82 Å². The van der Waals surface area contributed by atoms with Gasteiger partial charge in [-0.3, -0.25) is 9.05 Å². The molecule has 0 radical (unpaired) electrons. The monoisotopic (exact) mass is 828 g/mol. The van der Waals surface area contributed by atoms with Gasteiger partial charge in [-0.1, -0.05) is 205 Å². The number of nitrogens with two attached hydrogens (primary N) is 1. The van der Waals surface area contributed by atoms with Crippen LogP contribution in [0, 0.1) is 0 Å². The van der Waals surface area contributed by atoms with E-state index in [2.05, 4.69) is 38.2 Å². The van der Waals surface area contributed by atoms with E-state index in [-0.39, 0.29) is 19.8 Å². The first-order chi connectivity index (χ1) is 28.1. The van der Waals surface area contributed by atoms with Gasteiger partial charge in [-0.15, -0.1) is 0 Å². The van der Waals surface area contributed by atoms with E-state index in [9.17, 15) is 9.46 Å². The molecule has 0 aliphatic heterocycles. The molecule has 0 aromatic carbocycles. The Hall–Kier alpha value is -0.530. The molecule has 0 saturated heterocycles. The Morgan fingerprint density at radius 2 is 0.772 bits per heavy atom. The summed E-state index contributed by atoms with van der Waals surface area (Å²) in [5.41, 5.74) is 5.41. The van der Waals surface area contributed by atoms with Gasteiger partial charge in [0.05, 0.1) is 19.8 Å². The van der Waals surface area contributed by atoms with Crippen molar-refractivity contribution in [3.63, 3.8) is 0 Å². The highest BCUT2D eigenvalue weighted by Gasteiger charge is 2.23. The molecule has 57 heavy (non-hydrogen) atoms. The summed E-state index contributed by atoms with van der Waals surface area (Å²) in [5.74, 6) is 0. The molecule has 2 atom stereocenters. The number of phosphoric ester groups is 1. The molecule has 7 nitrogen and oxygen atoms in total. The molecule has 0 aromatic rings.